The summed E-state index contributed by atoms with van der Waals surface area (Å²) < 4.78 is 14.0. The zero-order valence-corrected chi connectivity index (χ0v) is 18.5. The minimum absolute atomic E-state index is 0.136. The molecule has 31 heavy (non-hydrogen) atoms. The van der Waals surface area contributed by atoms with Crippen LogP contribution in [-0.2, 0) is 0 Å². The second-order valence-electron chi connectivity index (χ2n) is 8.89. The van der Waals surface area contributed by atoms with Crippen molar-refractivity contribution in [2.45, 2.75) is 39.0 Å². The highest BCUT2D eigenvalue weighted by Crippen LogP contribution is 2.40. The van der Waals surface area contributed by atoms with Crippen LogP contribution < -0.4 is 4.90 Å². The van der Waals surface area contributed by atoms with Crippen molar-refractivity contribution in [3.63, 3.8) is 0 Å². The zero-order chi connectivity index (χ0) is 21.5. The van der Waals surface area contributed by atoms with Gasteiger partial charge in [0, 0.05) is 35.6 Å². The normalized spacial score (nSPS) is 17.3. The number of pyridine rings is 1. The third kappa shape index (κ3) is 4.06. The van der Waals surface area contributed by atoms with Crippen LogP contribution in [0.5, 0.6) is 0 Å². The van der Waals surface area contributed by atoms with Gasteiger partial charge in [0.1, 0.15) is 5.82 Å². The van der Waals surface area contributed by atoms with Crippen molar-refractivity contribution in [2.75, 3.05) is 18.0 Å². The number of benzene rings is 2. The highest BCUT2D eigenvalue weighted by Gasteiger charge is 2.34. The van der Waals surface area contributed by atoms with Crippen LogP contribution in [0.3, 0.4) is 0 Å². The van der Waals surface area contributed by atoms with Gasteiger partial charge in [0.25, 0.3) is 0 Å². The zero-order valence-electron chi connectivity index (χ0n) is 17.7. The van der Waals surface area contributed by atoms with Crippen LogP contribution in [0.15, 0.2) is 42.6 Å². The fourth-order valence-corrected chi connectivity index (χ4v) is 4.95. The molecule has 2 heterocycles. The fraction of sp³-hybridized carbons (Fsp3) is 0.385. The van der Waals surface area contributed by atoms with Gasteiger partial charge in [-0.1, -0.05) is 31.0 Å². The molecule has 5 rings (SSSR count). The van der Waals surface area contributed by atoms with Gasteiger partial charge >= 0.3 is 0 Å². The first-order valence-electron chi connectivity index (χ1n) is 11.2. The summed E-state index contributed by atoms with van der Waals surface area (Å²) in [6, 6.07) is 10.5. The molecule has 3 nitrogen and oxygen atoms in total. The molecule has 2 aromatic carbocycles. The Kier molecular flexibility index (Phi) is 5.43. The Morgan fingerprint density at radius 2 is 1.87 bits per heavy atom. The molecule has 1 saturated heterocycles. The number of piperidine rings is 1. The molecule has 0 amide bonds. The average molecular weight is 437 g/mol. The van der Waals surface area contributed by atoms with Gasteiger partial charge in [-0.2, -0.15) is 0 Å². The molecule has 0 bridgehead atoms. The highest BCUT2D eigenvalue weighted by atomic mass is 35.5. The first-order chi connectivity index (χ1) is 15.0. The summed E-state index contributed by atoms with van der Waals surface area (Å²) in [6.45, 7) is 4.14. The Labute approximate surface area is 187 Å². The lowest BCUT2D eigenvalue weighted by Gasteiger charge is -2.35. The second kappa shape index (κ2) is 8.23. The van der Waals surface area contributed by atoms with Gasteiger partial charge in [-0.3, -0.25) is 9.78 Å². The third-order valence-corrected chi connectivity index (χ3v) is 6.98. The second-order valence-corrected chi connectivity index (χ2v) is 9.32. The maximum Gasteiger partial charge on any atom is 0.169 e. The van der Waals surface area contributed by atoms with E-state index in [2.05, 4.69) is 16.8 Å². The summed E-state index contributed by atoms with van der Waals surface area (Å²) >= 11 is 6.10. The van der Waals surface area contributed by atoms with Gasteiger partial charge < -0.3 is 4.90 Å². The van der Waals surface area contributed by atoms with Crippen LogP contribution in [0.25, 0.3) is 22.0 Å². The molecule has 2 fully saturated rings. The smallest absolute Gasteiger partial charge is 0.169 e. The first kappa shape index (κ1) is 20.4. The third-order valence-electron chi connectivity index (χ3n) is 6.76. The van der Waals surface area contributed by atoms with Crippen molar-refractivity contribution >= 4 is 34.0 Å². The molecule has 160 valence electrons. The maximum absolute atomic E-state index is 14.0. The molecular formula is C26H26ClFN2O. The van der Waals surface area contributed by atoms with Crippen LogP contribution in [0, 0.1) is 17.7 Å². The van der Waals surface area contributed by atoms with E-state index in [1.165, 1.54) is 18.6 Å². The minimum atomic E-state index is -0.361. The molecule has 0 atom stereocenters. The number of rotatable bonds is 5. The van der Waals surface area contributed by atoms with Crippen molar-refractivity contribution in [3.8, 4) is 11.1 Å². The van der Waals surface area contributed by atoms with E-state index in [0.29, 0.717) is 5.02 Å². The van der Waals surface area contributed by atoms with Crippen molar-refractivity contribution in [3.05, 3.63) is 59.0 Å². The van der Waals surface area contributed by atoms with Crippen LogP contribution in [-0.4, -0.2) is 23.9 Å². The predicted molar refractivity (Wildman–Crippen MR) is 124 cm³/mol. The van der Waals surface area contributed by atoms with E-state index in [-0.39, 0.29) is 17.5 Å². The monoisotopic (exact) mass is 436 g/mol. The molecule has 2 aliphatic rings. The molecule has 5 heteroatoms. The van der Waals surface area contributed by atoms with Crippen molar-refractivity contribution in [1.82, 2.24) is 4.98 Å². The van der Waals surface area contributed by atoms with Gasteiger partial charge in [-0.05, 0) is 73.1 Å². The molecule has 0 unspecified atom stereocenters. The summed E-state index contributed by atoms with van der Waals surface area (Å²) in [5.41, 5.74) is 4.18. The number of hydrogen-bond acceptors (Lipinski definition) is 3. The van der Waals surface area contributed by atoms with E-state index in [0.717, 1.165) is 78.0 Å². The molecule has 1 aromatic heterocycles. The first-order valence-corrected chi connectivity index (χ1v) is 11.6. The standard InChI is InChI=1S/C26H26ClFN2O/c1-2-16-7-9-30(10-8-16)25-22-13-18(19-11-20(27)14-21(28)12-19)5-6-24(22)29-15-23(25)26(31)17-3-4-17/h5-6,11-17H,2-4,7-10H2,1H3. The number of carbonyl (C=O) groups is 1. The fourth-order valence-electron chi connectivity index (χ4n) is 4.73. The molecule has 3 aromatic rings. The predicted octanol–water partition coefficient (Wildman–Crippen LogP) is 6.91. The Balaban J connectivity index is 1.65. The average Bonchev–Trinajstić information content (AvgIpc) is 3.62. The van der Waals surface area contributed by atoms with Gasteiger partial charge in [-0.25, -0.2) is 4.39 Å². The lowest BCUT2D eigenvalue weighted by molar-refractivity contribution is 0.0968. The number of hydrogen-bond donors (Lipinski definition) is 0. The lowest BCUT2D eigenvalue weighted by atomic mass is 9.92. The Bertz CT molecular complexity index is 1130. The van der Waals surface area contributed by atoms with E-state index in [9.17, 15) is 9.18 Å². The number of Topliss-reactive ketones (excluding diaryl/α,β-unsaturated/α-hetero) is 1. The van der Waals surface area contributed by atoms with E-state index >= 15 is 0 Å². The van der Waals surface area contributed by atoms with E-state index < -0.39 is 0 Å². The quantitative estimate of drug-likeness (QED) is 0.407. The molecule has 0 N–H and O–H groups in total. The number of halogens is 2. The summed E-state index contributed by atoms with van der Waals surface area (Å²) in [6.07, 6.45) is 7.17. The number of ketones is 1. The number of carbonyl (C=O) groups excluding carboxylic acids is 1. The van der Waals surface area contributed by atoms with Crippen LogP contribution in [0.2, 0.25) is 5.02 Å². The van der Waals surface area contributed by atoms with Gasteiger partial charge in [0.05, 0.1) is 16.8 Å². The molecular weight excluding hydrogens is 411 g/mol. The number of fused-ring (bicyclic) bond motifs is 1. The van der Waals surface area contributed by atoms with Crippen LogP contribution in [0.1, 0.15) is 49.4 Å². The van der Waals surface area contributed by atoms with Gasteiger partial charge in [0.2, 0.25) is 0 Å². The van der Waals surface area contributed by atoms with Crippen LogP contribution in [0.4, 0.5) is 10.1 Å². The van der Waals surface area contributed by atoms with Crippen molar-refractivity contribution in [1.29, 1.82) is 0 Å². The maximum atomic E-state index is 14.0. The Morgan fingerprint density at radius 3 is 2.55 bits per heavy atom. The SMILES string of the molecule is CCC1CCN(c2c(C(=O)C3CC3)cnc3ccc(-c4cc(F)cc(Cl)c4)cc23)CC1. The highest BCUT2D eigenvalue weighted by molar-refractivity contribution is 6.30. The summed E-state index contributed by atoms with van der Waals surface area (Å²) in [5, 5.41) is 1.33. The van der Waals surface area contributed by atoms with Crippen molar-refractivity contribution in [2.24, 2.45) is 11.8 Å². The minimum Gasteiger partial charge on any atom is -0.370 e. The van der Waals surface area contributed by atoms with Gasteiger partial charge in [0.15, 0.2) is 5.78 Å². The Morgan fingerprint density at radius 1 is 1.10 bits per heavy atom. The number of anilines is 1. The topological polar surface area (TPSA) is 33.2 Å². The lowest BCUT2D eigenvalue weighted by Crippen LogP contribution is -2.34. The van der Waals surface area contributed by atoms with Gasteiger partial charge in [-0.15, -0.1) is 0 Å². The molecule has 0 radical (unpaired) electrons. The molecule has 1 aliphatic carbocycles. The van der Waals surface area contributed by atoms with E-state index in [1.54, 1.807) is 12.3 Å². The Hall–Kier alpha value is -2.46. The summed E-state index contributed by atoms with van der Waals surface area (Å²) in [5.74, 6) is 0.731. The van der Waals surface area contributed by atoms with Crippen molar-refractivity contribution < 1.29 is 9.18 Å². The van der Waals surface area contributed by atoms with E-state index in [1.807, 2.05) is 18.2 Å². The number of nitrogens with zero attached hydrogens (tertiary/aromatic N) is 2. The van der Waals surface area contributed by atoms with E-state index in [4.69, 9.17) is 11.6 Å². The largest absolute Gasteiger partial charge is 0.370 e. The summed E-state index contributed by atoms with van der Waals surface area (Å²) in [4.78, 5) is 20.1. The molecule has 1 aliphatic heterocycles. The summed E-state index contributed by atoms with van der Waals surface area (Å²) in [7, 11) is 0. The molecule has 0 spiro atoms. The van der Waals surface area contributed by atoms with Crippen LogP contribution >= 0.6 is 11.6 Å². The number of aromatic nitrogens is 1. The molecule has 1 saturated carbocycles.